The van der Waals surface area contributed by atoms with Gasteiger partial charge in [0.2, 0.25) is 11.8 Å². The lowest BCUT2D eigenvalue weighted by Crippen LogP contribution is -2.49. The molecule has 3 heterocycles. The Morgan fingerprint density at radius 1 is 1.26 bits per heavy atom. The molecular weight excluding hydrogens is 348 g/mol. The second kappa shape index (κ2) is 9.14. The van der Waals surface area contributed by atoms with Gasteiger partial charge in [0.05, 0.1) is 6.04 Å². The summed E-state index contributed by atoms with van der Waals surface area (Å²) in [6.07, 6.45) is 3.98. The summed E-state index contributed by atoms with van der Waals surface area (Å²) in [6, 6.07) is 4.76. The summed E-state index contributed by atoms with van der Waals surface area (Å²) < 4.78 is 6.82. The first-order chi connectivity index (χ1) is 13.1. The Bertz CT molecular complexity index is 714. The van der Waals surface area contributed by atoms with Crippen LogP contribution < -0.4 is 16.2 Å². The Kier molecular flexibility index (Phi) is 6.63. The Labute approximate surface area is 158 Å². The van der Waals surface area contributed by atoms with E-state index >= 15 is 0 Å². The zero-order valence-corrected chi connectivity index (χ0v) is 15.7. The van der Waals surface area contributed by atoms with Gasteiger partial charge in [-0.1, -0.05) is 6.07 Å². The van der Waals surface area contributed by atoms with Gasteiger partial charge >= 0.3 is 0 Å². The summed E-state index contributed by atoms with van der Waals surface area (Å²) in [7, 11) is 0. The Hall–Kier alpha value is -2.19. The van der Waals surface area contributed by atoms with Gasteiger partial charge in [-0.15, -0.1) is 0 Å². The average Bonchev–Trinajstić information content (AvgIpc) is 3.08. The fourth-order valence-electron chi connectivity index (χ4n) is 3.96. The first-order valence-electron chi connectivity index (χ1n) is 9.64. The van der Waals surface area contributed by atoms with E-state index in [1.807, 2.05) is 6.92 Å². The molecule has 0 unspecified atom stereocenters. The van der Waals surface area contributed by atoms with Crippen molar-refractivity contribution in [2.45, 2.75) is 50.9 Å². The molecule has 8 heteroatoms. The van der Waals surface area contributed by atoms with Gasteiger partial charge in [-0.05, 0) is 32.3 Å². The smallest absolute Gasteiger partial charge is 0.250 e. The lowest BCUT2D eigenvalue weighted by molar-refractivity contribution is -0.127. The number of hydrogen-bond donors (Lipinski definition) is 2. The third-order valence-corrected chi connectivity index (χ3v) is 5.23. The zero-order valence-electron chi connectivity index (χ0n) is 15.7. The quantitative estimate of drug-likeness (QED) is 0.713. The first-order valence-corrected chi connectivity index (χ1v) is 9.64. The molecule has 1 aromatic heterocycles. The summed E-state index contributed by atoms with van der Waals surface area (Å²) in [6.45, 7) is 4.53. The molecule has 2 saturated heterocycles. The van der Waals surface area contributed by atoms with Crippen molar-refractivity contribution in [3.05, 3.63) is 34.7 Å². The van der Waals surface area contributed by atoms with Crippen LogP contribution >= 0.6 is 0 Å². The molecule has 2 aliphatic rings. The zero-order chi connectivity index (χ0) is 19.2. The molecule has 2 N–H and O–H groups in total. The predicted molar refractivity (Wildman–Crippen MR) is 100 cm³/mol. The van der Waals surface area contributed by atoms with Crippen LogP contribution in [0.4, 0.5) is 0 Å². The van der Waals surface area contributed by atoms with E-state index in [4.69, 9.17) is 4.74 Å². The number of pyridine rings is 1. The topological polar surface area (TPSA) is 92.7 Å². The minimum Gasteiger partial charge on any atom is -0.381 e. The minimum absolute atomic E-state index is 0.0139. The van der Waals surface area contributed by atoms with Crippen LogP contribution in [0.1, 0.15) is 26.2 Å². The van der Waals surface area contributed by atoms with Crippen LogP contribution in [0.2, 0.25) is 0 Å². The normalized spacial score (nSPS) is 23.9. The lowest BCUT2D eigenvalue weighted by atomic mass is 10.1. The van der Waals surface area contributed by atoms with E-state index in [0.717, 1.165) is 12.8 Å². The molecule has 0 bridgehead atoms. The van der Waals surface area contributed by atoms with Crippen molar-refractivity contribution in [3.8, 4) is 0 Å². The largest absolute Gasteiger partial charge is 0.381 e. The maximum absolute atomic E-state index is 12.5. The van der Waals surface area contributed by atoms with Crippen LogP contribution in [0.3, 0.4) is 0 Å². The molecule has 0 aliphatic carbocycles. The molecule has 0 spiro atoms. The third-order valence-electron chi connectivity index (χ3n) is 5.23. The number of amides is 2. The van der Waals surface area contributed by atoms with E-state index in [9.17, 15) is 14.4 Å². The molecule has 8 nitrogen and oxygen atoms in total. The van der Waals surface area contributed by atoms with Crippen LogP contribution in [0.15, 0.2) is 29.2 Å². The molecule has 2 atom stereocenters. The van der Waals surface area contributed by atoms with Gasteiger partial charge in [-0.25, -0.2) is 0 Å². The van der Waals surface area contributed by atoms with Gasteiger partial charge in [0.25, 0.3) is 5.56 Å². The Morgan fingerprint density at radius 2 is 2.04 bits per heavy atom. The fourth-order valence-corrected chi connectivity index (χ4v) is 3.96. The summed E-state index contributed by atoms with van der Waals surface area (Å²) in [5.74, 6) is -0.197. The van der Waals surface area contributed by atoms with E-state index in [0.29, 0.717) is 38.8 Å². The van der Waals surface area contributed by atoms with Crippen LogP contribution in [0.5, 0.6) is 0 Å². The average molecular weight is 376 g/mol. The number of likely N-dealkylation sites (N-methyl/N-ethyl adjacent to an activating group) is 1. The number of likely N-dealkylation sites (tertiary alicyclic amines) is 1. The summed E-state index contributed by atoms with van der Waals surface area (Å²) in [4.78, 5) is 38.9. The van der Waals surface area contributed by atoms with Gasteiger partial charge in [0.15, 0.2) is 0 Å². The van der Waals surface area contributed by atoms with Crippen molar-refractivity contribution < 1.29 is 14.3 Å². The molecule has 2 aliphatic heterocycles. The number of aromatic nitrogens is 1. The molecular formula is C19H28N4O4. The molecule has 1 aromatic rings. The molecule has 3 rings (SSSR count). The van der Waals surface area contributed by atoms with Crippen molar-refractivity contribution in [1.29, 1.82) is 0 Å². The number of carbonyl (C=O) groups is 2. The van der Waals surface area contributed by atoms with Crippen molar-refractivity contribution in [1.82, 2.24) is 20.1 Å². The number of rotatable bonds is 6. The highest BCUT2D eigenvalue weighted by Gasteiger charge is 2.41. The first kappa shape index (κ1) is 19.6. The van der Waals surface area contributed by atoms with Gasteiger partial charge < -0.3 is 19.9 Å². The number of nitrogens with one attached hydrogen (secondary N) is 2. The van der Waals surface area contributed by atoms with Crippen LogP contribution in [0.25, 0.3) is 0 Å². The molecule has 0 aromatic carbocycles. The van der Waals surface area contributed by atoms with Gasteiger partial charge in [-0.2, -0.15) is 0 Å². The highest BCUT2D eigenvalue weighted by Crippen LogP contribution is 2.26. The fraction of sp³-hybridized carbons (Fsp3) is 0.632. The van der Waals surface area contributed by atoms with Crippen LogP contribution in [0, 0.1) is 0 Å². The molecule has 2 fully saturated rings. The van der Waals surface area contributed by atoms with E-state index in [-0.39, 0.29) is 36.0 Å². The molecule has 148 valence electrons. The van der Waals surface area contributed by atoms with E-state index in [2.05, 4.69) is 15.5 Å². The van der Waals surface area contributed by atoms with Crippen molar-refractivity contribution in [2.24, 2.45) is 0 Å². The summed E-state index contributed by atoms with van der Waals surface area (Å²) in [5, 5.41) is 5.91. The summed E-state index contributed by atoms with van der Waals surface area (Å²) in [5.41, 5.74) is -0.205. The highest BCUT2D eigenvalue weighted by molar-refractivity contribution is 5.82. The van der Waals surface area contributed by atoms with Crippen LogP contribution in [-0.4, -0.2) is 65.7 Å². The maximum Gasteiger partial charge on any atom is 0.250 e. The number of nitrogens with zero attached hydrogens (tertiary/aromatic N) is 2. The Morgan fingerprint density at radius 3 is 2.74 bits per heavy atom. The van der Waals surface area contributed by atoms with Crippen molar-refractivity contribution >= 4 is 11.8 Å². The van der Waals surface area contributed by atoms with Crippen molar-refractivity contribution in [3.63, 3.8) is 0 Å². The standard InChI is InChI=1S/C19H28N4O4/c1-2-20-19(26)16-11-14(12-23(16)15-6-9-27-10-7-15)21-17(24)13-22-8-4-3-5-18(22)25/h3-5,8,14-16H,2,6-7,9-13H2,1H3,(H,20,26)(H,21,24)/t14-,16-/m0/s1. The van der Waals surface area contributed by atoms with E-state index in [1.165, 1.54) is 10.6 Å². The molecule has 0 saturated carbocycles. The number of hydrogen-bond acceptors (Lipinski definition) is 5. The monoisotopic (exact) mass is 376 g/mol. The second-order valence-corrected chi connectivity index (χ2v) is 7.12. The van der Waals surface area contributed by atoms with Gasteiger partial charge in [-0.3, -0.25) is 19.3 Å². The highest BCUT2D eigenvalue weighted by atomic mass is 16.5. The Balaban J connectivity index is 1.63. The third kappa shape index (κ3) is 4.95. The molecule has 27 heavy (non-hydrogen) atoms. The number of carbonyl (C=O) groups excluding carboxylic acids is 2. The summed E-state index contributed by atoms with van der Waals surface area (Å²) >= 11 is 0. The van der Waals surface area contributed by atoms with Gasteiger partial charge in [0.1, 0.15) is 6.54 Å². The van der Waals surface area contributed by atoms with Gasteiger partial charge in [0, 0.05) is 50.7 Å². The predicted octanol–water partition coefficient (Wildman–Crippen LogP) is -0.277. The van der Waals surface area contributed by atoms with Crippen molar-refractivity contribution in [2.75, 3.05) is 26.3 Å². The second-order valence-electron chi connectivity index (χ2n) is 7.12. The van der Waals surface area contributed by atoms with E-state index in [1.54, 1.807) is 18.3 Å². The SMILES string of the molecule is CCNC(=O)[C@@H]1C[C@H](NC(=O)Cn2ccccc2=O)CN1C1CCOCC1. The van der Waals surface area contributed by atoms with Crippen LogP contribution in [-0.2, 0) is 20.9 Å². The van der Waals surface area contributed by atoms with E-state index < -0.39 is 0 Å². The number of ether oxygens (including phenoxy) is 1. The molecule has 2 amide bonds. The molecule has 0 radical (unpaired) electrons. The maximum atomic E-state index is 12.5. The minimum atomic E-state index is -0.238. The lowest BCUT2D eigenvalue weighted by Gasteiger charge is -2.34.